The molecule has 3 saturated heterocycles. The molecule has 2 atom stereocenters. The van der Waals surface area contributed by atoms with Crippen LogP contribution in [0.2, 0.25) is 0 Å². The van der Waals surface area contributed by atoms with Gasteiger partial charge in [-0.1, -0.05) is 103 Å². The van der Waals surface area contributed by atoms with Crippen LogP contribution in [0.1, 0.15) is 118 Å². The third kappa shape index (κ3) is 18.2. The van der Waals surface area contributed by atoms with Crippen LogP contribution in [-0.2, 0) is 55.4 Å². The highest BCUT2D eigenvalue weighted by Crippen LogP contribution is 2.49. The molecule has 6 aromatic carbocycles. The molecule has 16 nitrogen and oxygen atoms in total. The highest BCUT2D eigenvalue weighted by molar-refractivity contribution is 5.95. The second-order valence-corrected chi connectivity index (χ2v) is 27.0. The molecule has 1 spiro atoms. The fourth-order valence-electron chi connectivity index (χ4n) is 14.6. The smallest absolute Gasteiger partial charge is 0.416 e. The number of alkyl halides is 6. The van der Waals surface area contributed by atoms with Gasteiger partial charge in [-0.3, -0.25) is 19.2 Å². The number of carboxylic acid groups (broad SMARTS) is 1. The Hall–Kier alpha value is -8.22. The average Bonchev–Trinajstić information content (AvgIpc) is 1.58. The van der Waals surface area contributed by atoms with Crippen molar-refractivity contribution < 1.29 is 69.3 Å². The molecule has 0 saturated carbocycles. The number of halogens is 7. The number of amides is 5. The van der Waals surface area contributed by atoms with Crippen LogP contribution in [0, 0.1) is 5.82 Å². The lowest BCUT2D eigenvalue weighted by molar-refractivity contribution is -0.247. The van der Waals surface area contributed by atoms with E-state index in [-0.39, 0.29) is 55.5 Å². The predicted octanol–water partition coefficient (Wildman–Crippen LogP) is 11.6. The maximum absolute atomic E-state index is 14.3. The van der Waals surface area contributed by atoms with Crippen molar-refractivity contribution in [2.75, 3.05) is 118 Å². The highest BCUT2D eigenvalue weighted by Gasteiger charge is 2.50. The van der Waals surface area contributed by atoms with Crippen molar-refractivity contribution >= 4 is 35.4 Å². The first-order valence-corrected chi connectivity index (χ1v) is 34.1. The predicted molar refractivity (Wildman–Crippen MR) is 361 cm³/mol. The summed E-state index contributed by atoms with van der Waals surface area (Å²) in [5.41, 5.74) is 1.10. The quantitative estimate of drug-likeness (QED) is 0.0358. The molecule has 0 N–H and O–H groups in total. The number of likely N-dealkylation sites (N-methyl/N-ethyl adjacent to an activating group) is 2. The number of anilines is 1. The molecule has 1 aliphatic carbocycles. The zero-order valence-corrected chi connectivity index (χ0v) is 56.7. The van der Waals surface area contributed by atoms with Crippen molar-refractivity contribution in [1.82, 2.24) is 34.3 Å². The minimum Gasteiger partial charge on any atom is -0.530 e. The number of nitrogens with zero attached hydrogens (tertiary/aromatic N) is 8. The van der Waals surface area contributed by atoms with Crippen LogP contribution in [0.25, 0.3) is 11.1 Å². The molecule has 6 aromatic rings. The van der Waals surface area contributed by atoms with E-state index in [0.29, 0.717) is 126 Å². The number of hydrogen-bond acceptors (Lipinski definition) is 11. The second-order valence-electron chi connectivity index (χ2n) is 27.0. The summed E-state index contributed by atoms with van der Waals surface area (Å²) in [5, 5.41) is 12.6. The standard InChI is InChI=1S/C76H89F7N8O8/c1-84(35-14-6-9-25-68(92)86(3)43-44-88-38-30-63(31-39-88)91(72(96)97)66-24-13-11-22-64(66)55-18-7-5-8-19-55)50-54-17-15-21-57(45-54)70(94)87(4)37-16-36-85(2)69(93)51-98-67-48-56-20-10-12-23-65(56)73(67)32-40-89(41-33-73)42-34-74(59-26-28-62(77)29-27-59)52-90(53-99-74)71(95)58-46-60(75(78,79)80)49-61(47-58)76(81,82)83/h5,7-8,10-13,15,17-24,26-29,45-47,49,63,67H,6,9,14,16,25,30-44,48,50-53H2,1-4H3,(H,96,97)/p-1/t67-,74-/m0/s1. The summed E-state index contributed by atoms with van der Waals surface area (Å²) in [5.74, 6) is -1.82. The molecule has 5 amide bonds. The fourth-order valence-corrected chi connectivity index (χ4v) is 14.6. The summed E-state index contributed by atoms with van der Waals surface area (Å²) >= 11 is 0. The molecular weight excluding hydrogens is 1290 g/mol. The van der Waals surface area contributed by atoms with Gasteiger partial charge in [0.2, 0.25) is 11.8 Å². The van der Waals surface area contributed by atoms with E-state index in [9.17, 15) is 59.8 Å². The Balaban J connectivity index is 0.624. The molecular formula is C76H88F7N8O8-. The van der Waals surface area contributed by atoms with Gasteiger partial charge in [-0.25, -0.2) is 4.39 Å². The SMILES string of the molecule is CN(CCCCCC(=O)N(C)CCN1CCC(N(C(=O)[O-])c2ccccc2-c2ccccc2)CC1)Cc1cccc(C(=O)N(C)CCCN(C)C(=O)CO[C@H]2Cc3ccccc3C23CCN(CC[C@@]2(c4ccc(F)cc4)CN(C(=O)c4cc(C(F)(F)F)cc(C(F)(F)F)c4)CO2)CC3)c1. The molecule has 0 radical (unpaired) electrons. The maximum Gasteiger partial charge on any atom is 0.416 e. The topological polar surface area (TPSA) is 153 Å². The van der Waals surface area contributed by atoms with Gasteiger partial charge < -0.3 is 58.6 Å². The fraction of sp³-hybridized carbons (Fsp3) is 0.461. The first-order chi connectivity index (χ1) is 47.3. The number of piperidine rings is 2. The van der Waals surface area contributed by atoms with Crippen LogP contribution < -0.4 is 10.0 Å². The Labute approximate surface area is 574 Å². The van der Waals surface area contributed by atoms with E-state index in [2.05, 4.69) is 26.8 Å². The van der Waals surface area contributed by atoms with Crippen molar-refractivity contribution in [1.29, 1.82) is 0 Å². The van der Waals surface area contributed by atoms with Crippen LogP contribution in [0.15, 0.2) is 146 Å². The summed E-state index contributed by atoms with van der Waals surface area (Å²) in [6.07, 6.45) is -4.72. The van der Waals surface area contributed by atoms with Gasteiger partial charge in [0.15, 0.2) is 0 Å². The summed E-state index contributed by atoms with van der Waals surface area (Å²) in [6, 6.07) is 39.1. The lowest BCUT2D eigenvalue weighted by Gasteiger charge is -2.44. The number of benzene rings is 6. The third-order valence-corrected chi connectivity index (χ3v) is 20.4. The van der Waals surface area contributed by atoms with Gasteiger partial charge in [0, 0.05) is 108 Å². The number of fused-ring (bicyclic) bond motifs is 2. The normalized spacial score (nSPS) is 18.2. The van der Waals surface area contributed by atoms with Gasteiger partial charge in [-0.2, -0.15) is 26.3 Å². The van der Waals surface area contributed by atoms with E-state index in [1.54, 1.807) is 34.9 Å². The minimum atomic E-state index is -5.15. The van der Waals surface area contributed by atoms with Crippen molar-refractivity contribution in [3.05, 3.63) is 196 Å². The molecule has 10 rings (SSSR count). The highest BCUT2D eigenvalue weighted by atomic mass is 19.4. The van der Waals surface area contributed by atoms with Crippen molar-refractivity contribution in [3.63, 3.8) is 0 Å². The van der Waals surface area contributed by atoms with E-state index >= 15 is 0 Å². The summed E-state index contributed by atoms with van der Waals surface area (Å²) in [7, 11) is 7.36. The number of carbonyl (C=O) groups is 5. The Kier molecular flexibility index (Phi) is 24.1. The van der Waals surface area contributed by atoms with Crippen LogP contribution >= 0.6 is 0 Å². The lowest BCUT2D eigenvalue weighted by Crippen LogP contribution is -2.52. The number of hydrogen-bond donors (Lipinski definition) is 0. The average molecular weight is 1370 g/mol. The summed E-state index contributed by atoms with van der Waals surface area (Å²) in [6.45, 7) is 5.84. The van der Waals surface area contributed by atoms with Gasteiger partial charge in [0.05, 0.1) is 29.5 Å². The van der Waals surface area contributed by atoms with Crippen molar-refractivity contribution in [2.24, 2.45) is 0 Å². The van der Waals surface area contributed by atoms with Gasteiger partial charge in [-0.05, 0) is 161 Å². The minimum absolute atomic E-state index is 0.0286. The second kappa shape index (κ2) is 32.4. The molecule has 0 unspecified atom stereocenters. The van der Waals surface area contributed by atoms with Gasteiger partial charge in [-0.15, -0.1) is 0 Å². The van der Waals surface area contributed by atoms with Gasteiger partial charge in [0.1, 0.15) is 30.8 Å². The lowest BCUT2D eigenvalue weighted by atomic mass is 9.72. The van der Waals surface area contributed by atoms with Crippen LogP contribution in [-0.4, -0.2) is 190 Å². The van der Waals surface area contributed by atoms with Crippen LogP contribution in [0.5, 0.6) is 0 Å². The largest absolute Gasteiger partial charge is 0.530 e. The zero-order valence-electron chi connectivity index (χ0n) is 56.7. The number of rotatable bonds is 27. The molecule has 3 heterocycles. The molecule has 3 fully saturated rings. The number of ether oxygens (including phenoxy) is 2. The first-order valence-electron chi connectivity index (χ1n) is 34.1. The van der Waals surface area contributed by atoms with E-state index in [4.69, 9.17) is 9.47 Å². The van der Waals surface area contributed by atoms with Crippen molar-refractivity contribution in [2.45, 2.75) is 113 Å². The summed E-state index contributed by atoms with van der Waals surface area (Å²) < 4.78 is 110. The number of carbonyl (C=O) groups excluding carboxylic acids is 5. The maximum atomic E-state index is 14.3. The van der Waals surface area contributed by atoms with E-state index in [1.807, 2.05) is 99.0 Å². The Morgan fingerprint density at radius 1 is 0.636 bits per heavy atom. The third-order valence-electron chi connectivity index (χ3n) is 20.4. The monoisotopic (exact) mass is 1370 g/mol. The number of para-hydroxylation sites is 1. The Morgan fingerprint density at radius 3 is 1.98 bits per heavy atom. The Morgan fingerprint density at radius 2 is 1.28 bits per heavy atom. The van der Waals surface area contributed by atoms with E-state index in [1.165, 1.54) is 29.2 Å². The molecule has 0 bridgehead atoms. The number of likely N-dealkylation sites (tertiary alicyclic amines) is 2. The van der Waals surface area contributed by atoms with E-state index in [0.717, 1.165) is 71.6 Å². The summed E-state index contributed by atoms with van der Waals surface area (Å²) in [4.78, 5) is 81.2. The number of unbranched alkanes of at least 4 members (excludes halogenated alkanes) is 2. The molecule has 530 valence electrons. The van der Waals surface area contributed by atoms with Crippen LogP contribution in [0.3, 0.4) is 0 Å². The molecule has 23 heteroatoms. The van der Waals surface area contributed by atoms with Crippen molar-refractivity contribution in [3.8, 4) is 11.1 Å². The van der Waals surface area contributed by atoms with Gasteiger partial charge >= 0.3 is 12.4 Å². The van der Waals surface area contributed by atoms with Gasteiger partial charge in [0.25, 0.3) is 11.8 Å². The molecule has 99 heavy (non-hydrogen) atoms. The first kappa shape index (κ1) is 73.5. The van der Waals surface area contributed by atoms with E-state index < -0.39 is 64.6 Å². The Bertz CT molecular complexity index is 3720. The molecule has 4 aliphatic rings. The molecule has 3 aliphatic heterocycles. The molecule has 0 aromatic heterocycles. The van der Waals surface area contributed by atoms with Crippen LogP contribution in [0.4, 0.5) is 41.2 Å². The zero-order chi connectivity index (χ0) is 70.7.